The van der Waals surface area contributed by atoms with Crippen LogP contribution < -0.4 is 10.5 Å². The van der Waals surface area contributed by atoms with Gasteiger partial charge in [0.15, 0.2) is 0 Å². The van der Waals surface area contributed by atoms with Crippen LogP contribution in [0.25, 0.3) is 0 Å². The van der Waals surface area contributed by atoms with Crippen LogP contribution in [-0.4, -0.2) is 56.1 Å². The Balaban J connectivity index is 1.88. The Bertz CT molecular complexity index is 448. The first-order valence-corrected chi connectivity index (χ1v) is 7.24. The maximum atomic E-state index is 5.80. The molecular weight excluding hydrogens is 278 g/mol. The monoisotopic (exact) mass is 297 g/mol. The summed E-state index contributed by atoms with van der Waals surface area (Å²) in [5.41, 5.74) is 6.38. The van der Waals surface area contributed by atoms with E-state index in [1.807, 2.05) is 24.3 Å². The van der Waals surface area contributed by atoms with Gasteiger partial charge in [-0.05, 0) is 12.1 Å². The van der Waals surface area contributed by atoms with Crippen LogP contribution in [-0.2, 0) is 4.74 Å². The van der Waals surface area contributed by atoms with Crippen molar-refractivity contribution in [2.75, 3.05) is 45.3 Å². The fourth-order valence-corrected chi connectivity index (χ4v) is 2.03. The normalized spacial score (nSPS) is 17.1. The molecule has 0 aromatic heterocycles. The number of rotatable bonds is 6. The van der Waals surface area contributed by atoms with Crippen LogP contribution >= 0.6 is 11.6 Å². The number of hydrogen-bond donors (Lipinski definition) is 1. The summed E-state index contributed by atoms with van der Waals surface area (Å²) in [6, 6.07) is 7.57. The number of benzene rings is 1. The fourth-order valence-electron chi connectivity index (χ4n) is 1.97. The Labute approximate surface area is 124 Å². The van der Waals surface area contributed by atoms with Gasteiger partial charge in [0.2, 0.25) is 0 Å². The molecule has 2 N–H and O–H groups in total. The molecule has 6 heteroatoms. The van der Waals surface area contributed by atoms with Crippen LogP contribution in [0.4, 0.5) is 5.69 Å². The minimum absolute atomic E-state index is 0.210. The number of nitrogens with zero attached hydrogens (tertiary/aromatic N) is 2. The molecule has 0 amide bonds. The van der Waals surface area contributed by atoms with Gasteiger partial charge in [0.1, 0.15) is 23.9 Å². The molecule has 0 unspecified atom stereocenters. The molecule has 0 aliphatic carbocycles. The van der Waals surface area contributed by atoms with Gasteiger partial charge in [0.25, 0.3) is 0 Å². The van der Waals surface area contributed by atoms with Crippen LogP contribution in [0, 0.1) is 0 Å². The highest BCUT2D eigenvalue weighted by Gasteiger charge is 2.10. The third kappa shape index (κ3) is 4.67. The predicted molar refractivity (Wildman–Crippen MR) is 81.2 cm³/mol. The lowest BCUT2D eigenvalue weighted by Crippen LogP contribution is -2.38. The van der Waals surface area contributed by atoms with Crippen LogP contribution in [0.5, 0.6) is 5.75 Å². The number of para-hydroxylation sites is 2. The number of morpholine rings is 1. The highest BCUT2D eigenvalue weighted by Crippen LogP contribution is 2.26. The molecule has 0 atom stereocenters. The first-order valence-electron chi connectivity index (χ1n) is 6.70. The Hall–Kier alpha value is -1.30. The molecule has 0 radical (unpaired) electrons. The van der Waals surface area contributed by atoms with Gasteiger partial charge >= 0.3 is 0 Å². The fraction of sp³-hybridized carbons (Fsp3) is 0.500. The molecular formula is C14H20ClN3O2. The Kier molecular flexibility index (Phi) is 6.11. The van der Waals surface area contributed by atoms with Gasteiger partial charge in [-0.2, -0.15) is 0 Å². The number of halogens is 1. The standard InChI is InChI=1S/C14H20ClN3O2/c15-11-14(16)17-12-3-1-2-4-13(12)20-10-7-18-5-8-19-9-6-18/h1-4H,5-11H2,(H2,16,17). The zero-order valence-electron chi connectivity index (χ0n) is 11.4. The van der Waals surface area contributed by atoms with E-state index >= 15 is 0 Å². The number of hydrogen-bond acceptors (Lipinski definition) is 4. The lowest BCUT2D eigenvalue weighted by atomic mass is 10.3. The molecule has 1 aliphatic heterocycles. The summed E-state index contributed by atoms with van der Waals surface area (Å²) >= 11 is 5.65. The van der Waals surface area contributed by atoms with E-state index < -0.39 is 0 Å². The molecule has 1 aromatic carbocycles. The van der Waals surface area contributed by atoms with Crippen molar-refractivity contribution in [3.05, 3.63) is 24.3 Å². The Morgan fingerprint density at radius 2 is 2.10 bits per heavy atom. The maximum absolute atomic E-state index is 5.80. The molecule has 1 heterocycles. The van der Waals surface area contributed by atoms with Crippen molar-refractivity contribution < 1.29 is 9.47 Å². The number of amidine groups is 1. The second-order valence-corrected chi connectivity index (χ2v) is 4.77. The highest BCUT2D eigenvalue weighted by atomic mass is 35.5. The zero-order chi connectivity index (χ0) is 14.2. The average molecular weight is 298 g/mol. The van der Waals surface area contributed by atoms with Crippen LogP contribution in [0.3, 0.4) is 0 Å². The summed E-state index contributed by atoms with van der Waals surface area (Å²) in [4.78, 5) is 6.57. The van der Waals surface area contributed by atoms with Crippen LogP contribution in [0.2, 0.25) is 0 Å². The number of nitrogens with two attached hydrogens (primary N) is 1. The SMILES string of the molecule is NC(CCl)=Nc1ccccc1OCCN1CCOCC1. The quantitative estimate of drug-likeness (QED) is 0.492. The van der Waals surface area contributed by atoms with Crippen LogP contribution in [0.15, 0.2) is 29.3 Å². The van der Waals surface area contributed by atoms with Crippen molar-refractivity contribution in [3.8, 4) is 5.75 Å². The molecule has 1 fully saturated rings. The summed E-state index contributed by atoms with van der Waals surface area (Å²) in [5.74, 6) is 1.33. The Morgan fingerprint density at radius 1 is 1.35 bits per heavy atom. The zero-order valence-corrected chi connectivity index (χ0v) is 12.2. The van der Waals surface area contributed by atoms with E-state index in [9.17, 15) is 0 Å². The molecule has 110 valence electrons. The minimum atomic E-state index is 0.210. The molecule has 0 spiro atoms. The van der Waals surface area contributed by atoms with Gasteiger partial charge in [0, 0.05) is 19.6 Å². The van der Waals surface area contributed by atoms with Gasteiger partial charge in [-0.1, -0.05) is 12.1 Å². The van der Waals surface area contributed by atoms with E-state index in [0.29, 0.717) is 18.1 Å². The lowest BCUT2D eigenvalue weighted by molar-refractivity contribution is 0.0323. The van der Waals surface area contributed by atoms with Gasteiger partial charge in [-0.3, -0.25) is 4.90 Å². The largest absolute Gasteiger partial charge is 0.490 e. The van der Waals surface area contributed by atoms with Crippen molar-refractivity contribution >= 4 is 23.1 Å². The first-order chi connectivity index (χ1) is 9.79. The molecule has 5 nitrogen and oxygen atoms in total. The van der Waals surface area contributed by atoms with Crippen molar-refractivity contribution in [1.82, 2.24) is 4.90 Å². The average Bonchev–Trinajstić information content (AvgIpc) is 2.50. The first kappa shape index (κ1) is 15.1. The number of alkyl halides is 1. The Morgan fingerprint density at radius 3 is 2.85 bits per heavy atom. The van der Waals surface area contributed by atoms with Crippen molar-refractivity contribution in [1.29, 1.82) is 0 Å². The topological polar surface area (TPSA) is 60.1 Å². The third-order valence-electron chi connectivity index (χ3n) is 3.04. The molecule has 0 bridgehead atoms. The molecule has 1 aliphatic rings. The van der Waals surface area contributed by atoms with Gasteiger partial charge in [-0.25, -0.2) is 4.99 Å². The summed E-state index contributed by atoms with van der Waals surface area (Å²) in [6.45, 7) is 5.02. The number of ether oxygens (including phenoxy) is 2. The molecule has 0 saturated carbocycles. The van der Waals surface area contributed by atoms with E-state index in [-0.39, 0.29) is 5.88 Å². The van der Waals surface area contributed by atoms with Crippen LogP contribution in [0.1, 0.15) is 0 Å². The molecule has 2 rings (SSSR count). The summed E-state index contributed by atoms with van der Waals surface area (Å²) in [5, 5.41) is 0. The predicted octanol–water partition coefficient (Wildman–Crippen LogP) is 1.63. The lowest BCUT2D eigenvalue weighted by Gasteiger charge is -2.26. The molecule has 1 aromatic rings. The van der Waals surface area contributed by atoms with E-state index in [2.05, 4.69) is 9.89 Å². The summed E-state index contributed by atoms with van der Waals surface area (Å²) in [7, 11) is 0. The smallest absolute Gasteiger partial charge is 0.145 e. The van der Waals surface area contributed by atoms with Gasteiger partial charge < -0.3 is 15.2 Å². The van der Waals surface area contributed by atoms with E-state index in [1.54, 1.807) is 0 Å². The molecule has 1 saturated heterocycles. The maximum Gasteiger partial charge on any atom is 0.145 e. The van der Waals surface area contributed by atoms with Gasteiger partial charge in [0.05, 0.1) is 19.1 Å². The molecule has 20 heavy (non-hydrogen) atoms. The van der Waals surface area contributed by atoms with E-state index in [1.165, 1.54) is 0 Å². The summed E-state index contributed by atoms with van der Waals surface area (Å²) in [6.07, 6.45) is 0. The third-order valence-corrected chi connectivity index (χ3v) is 3.31. The second-order valence-electron chi connectivity index (χ2n) is 4.51. The number of aliphatic imine (C=N–C) groups is 1. The van der Waals surface area contributed by atoms with E-state index in [4.69, 9.17) is 26.8 Å². The summed E-state index contributed by atoms with van der Waals surface area (Å²) < 4.78 is 11.1. The van der Waals surface area contributed by atoms with Crippen molar-refractivity contribution in [2.45, 2.75) is 0 Å². The second kappa shape index (κ2) is 8.09. The highest BCUT2D eigenvalue weighted by molar-refractivity contribution is 6.28. The van der Waals surface area contributed by atoms with Crippen molar-refractivity contribution in [2.24, 2.45) is 10.7 Å². The van der Waals surface area contributed by atoms with Gasteiger partial charge in [-0.15, -0.1) is 11.6 Å². The van der Waals surface area contributed by atoms with E-state index in [0.717, 1.165) is 38.6 Å². The van der Waals surface area contributed by atoms with Crippen molar-refractivity contribution in [3.63, 3.8) is 0 Å². The minimum Gasteiger partial charge on any atom is -0.490 e.